The van der Waals surface area contributed by atoms with Crippen LogP contribution in [0.1, 0.15) is 64.5 Å². The van der Waals surface area contributed by atoms with Crippen molar-refractivity contribution < 1.29 is 4.79 Å². The van der Waals surface area contributed by atoms with Crippen molar-refractivity contribution in [2.75, 3.05) is 19.6 Å². The van der Waals surface area contributed by atoms with Crippen molar-refractivity contribution in [3.05, 3.63) is 23.5 Å². The minimum atomic E-state index is -0.213. The second kappa shape index (κ2) is 7.69. The molecule has 3 N–H and O–H groups in total. The van der Waals surface area contributed by atoms with Gasteiger partial charge in [-0.2, -0.15) is 10.1 Å². The molecule has 166 valence electrons. The summed E-state index contributed by atoms with van der Waals surface area (Å²) in [5.74, 6) is 2.69. The van der Waals surface area contributed by atoms with Crippen molar-refractivity contribution in [1.82, 2.24) is 30.8 Å². The Labute approximate surface area is 183 Å². The lowest BCUT2D eigenvalue weighted by Crippen LogP contribution is -2.57. The first-order chi connectivity index (χ1) is 14.9. The minimum absolute atomic E-state index is 0.0532. The molecule has 1 atom stereocenters. The van der Waals surface area contributed by atoms with Crippen molar-refractivity contribution in [3.8, 4) is 0 Å². The number of hydrogen-bond acceptors (Lipinski definition) is 6. The Bertz CT molecular complexity index is 949. The lowest BCUT2D eigenvalue weighted by molar-refractivity contribution is -0.124. The van der Waals surface area contributed by atoms with Crippen LogP contribution >= 0.6 is 0 Å². The van der Waals surface area contributed by atoms with Gasteiger partial charge in [-0.05, 0) is 37.5 Å². The first-order valence-electron chi connectivity index (χ1n) is 11.4. The third-order valence-electron chi connectivity index (χ3n) is 6.10. The summed E-state index contributed by atoms with van der Waals surface area (Å²) in [7, 11) is 0. The molecule has 1 saturated heterocycles. The number of hydrazine groups is 1. The van der Waals surface area contributed by atoms with Gasteiger partial charge in [-0.3, -0.25) is 20.3 Å². The van der Waals surface area contributed by atoms with Crippen LogP contribution < -0.4 is 10.7 Å². The Kier molecular flexibility index (Phi) is 4.98. The molecule has 0 bridgehead atoms. The van der Waals surface area contributed by atoms with Crippen LogP contribution in [0.2, 0.25) is 0 Å². The molecule has 1 aromatic heterocycles. The van der Waals surface area contributed by atoms with E-state index in [9.17, 15) is 4.79 Å². The normalized spacial score (nSPS) is 24.7. The van der Waals surface area contributed by atoms with Gasteiger partial charge >= 0.3 is 0 Å². The molecule has 1 aliphatic carbocycles. The van der Waals surface area contributed by atoms with Gasteiger partial charge in [-0.15, -0.1) is 0 Å². The van der Waals surface area contributed by atoms with E-state index in [0.29, 0.717) is 30.1 Å². The quantitative estimate of drug-likeness (QED) is 0.689. The number of rotatable bonds is 4. The van der Waals surface area contributed by atoms with Crippen LogP contribution in [0, 0.1) is 5.41 Å². The predicted octanol–water partition coefficient (Wildman–Crippen LogP) is 2.41. The maximum Gasteiger partial charge on any atom is 0.242 e. The smallest absolute Gasteiger partial charge is 0.242 e. The van der Waals surface area contributed by atoms with Crippen LogP contribution in [0.3, 0.4) is 0 Å². The highest BCUT2D eigenvalue weighted by Gasteiger charge is 2.37. The average molecular weight is 425 g/mol. The number of carbonyl (C=O) groups excluding carboxylic acids is 1. The molecule has 0 aromatic carbocycles. The number of aromatic amines is 1. The second-order valence-electron chi connectivity index (χ2n) is 10.1. The number of aliphatic imine (C=N–C) groups is 2. The predicted molar refractivity (Wildman–Crippen MR) is 120 cm³/mol. The molecule has 0 radical (unpaired) electrons. The maximum atomic E-state index is 12.9. The maximum absolute atomic E-state index is 12.9. The van der Waals surface area contributed by atoms with Gasteiger partial charge in [0.1, 0.15) is 6.04 Å². The summed E-state index contributed by atoms with van der Waals surface area (Å²) in [5.41, 5.74) is 5.61. The summed E-state index contributed by atoms with van der Waals surface area (Å²) < 4.78 is 0. The van der Waals surface area contributed by atoms with Crippen molar-refractivity contribution in [1.29, 1.82) is 0 Å². The topological polar surface area (TPSA) is 101 Å². The Balaban J connectivity index is 1.38. The van der Waals surface area contributed by atoms with Crippen LogP contribution in [0.25, 0.3) is 0 Å². The van der Waals surface area contributed by atoms with E-state index in [1.54, 1.807) is 0 Å². The summed E-state index contributed by atoms with van der Waals surface area (Å²) >= 11 is 0. The largest absolute Gasteiger partial charge is 0.354 e. The van der Waals surface area contributed by atoms with Gasteiger partial charge in [0.05, 0.1) is 5.70 Å². The van der Waals surface area contributed by atoms with Crippen molar-refractivity contribution >= 4 is 23.5 Å². The molecule has 0 unspecified atom stereocenters. The SMILES string of the molecule is CC(C)(C)CNC(=O)[C@@H]1CCCN1C1=NC(=Nc2cc(C3CC3)[nH]n2)C2=CCCN2N1. The van der Waals surface area contributed by atoms with Gasteiger partial charge < -0.3 is 10.2 Å². The van der Waals surface area contributed by atoms with Crippen LogP contribution in [0.4, 0.5) is 5.82 Å². The molecule has 2 fully saturated rings. The fourth-order valence-electron chi connectivity index (χ4n) is 4.26. The monoisotopic (exact) mass is 424 g/mol. The Morgan fingerprint density at radius 2 is 2.13 bits per heavy atom. The molecule has 4 aliphatic rings. The first kappa shape index (κ1) is 20.1. The highest BCUT2D eigenvalue weighted by Crippen LogP contribution is 2.40. The Hall–Kier alpha value is -2.84. The van der Waals surface area contributed by atoms with Gasteiger partial charge in [-0.1, -0.05) is 26.8 Å². The molecular formula is C22H32N8O. The molecule has 1 aromatic rings. The summed E-state index contributed by atoms with van der Waals surface area (Å²) in [5, 5.41) is 12.7. The number of nitrogens with one attached hydrogen (secondary N) is 3. The van der Waals surface area contributed by atoms with Crippen LogP contribution in [0.15, 0.2) is 27.8 Å². The number of hydrogen-bond donors (Lipinski definition) is 3. The lowest BCUT2D eigenvalue weighted by Gasteiger charge is -2.35. The molecule has 4 heterocycles. The van der Waals surface area contributed by atoms with E-state index in [2.05, 4.69) is 57.7 Å². The Morgan fingerprint density at radius 3 is 2.90 bits per heavy atom. The van der Waals surface area contributed by atoms with E-state index in [0.717, 1.165) is 43.7 Å². The number of fused-ring (bicyclic) bond motifs is 1. The van der Waals surface area contributed by atoms with E-state index in [1.807, 2.05) is 6.07 Å². The van der Waals surface area contributed by atoms with Crippen molar-refractivity contribution in [3.63, 3.8) is 0 Å². The number of amides is 1. The average Bonchev–Trinajstić information content (AvgIpc) is 3.12. The van der Waals surface area contributed by atoms with Crippen molar-refractivity contribution in [2.45, 2.75) is 64.8 Å². The summed E-state index contributed by atoms with van der Waals surface area (Å²) in [6.45, 7) is 8.69. The van der Waals surface area contributed by atoms with Gasteiger partial charge in [0.15, 0.2) is 11.7 Å². The molecule has 9 nitrogen and oxygen atoms in total. The number of H-pyrrole nitrogens is 1. The van der Waals surface area contributed by atoms with E-state index in [4.69, 9.17) is 9.98 Å². The lowest BCUT2D eigenvalue weighted by atomic mass is 9.97. The first-order valence-corrected chi connectivity index (χ1v) is 11.4. The fraction of sp³-hybridized carbons (Fsp3) is 0.636. The summed E-state index contributed by atoms with van der Waals surface area (Å²) in [6, 6.07) is 1.82. The second-order valence-corrected chi connectivity index (χ2v) is 10.1. The molecular weight excluding hydrogens is 392 g/mol. The van der Waals surface area contributed by atoms with Crippen LogP contribution in [-0.4, -0.2) is 63.5 Å². The molecule has 3 aliphatic heterocycles. The Morgan fingerprint density at radius 1 is 1.29 bits per heavy atom. The van der Waals surface area contributed by atoms with Gasteiger partial charge in [0.2, 0.25) is 11.9 Å². The number of aromatic nitrogens is 2. The number of carbonyl (C=O) groups is 1. The minimum Gasteiger partial charge on any atom is -0.354 e. The summed E-state index contributed by atoms with van der Waals surface area (Å²) in [6.07, 6.45) is 7.32. The molecule has 5 rings (SSSR count). The number of nitrogens with zero attached hydrogens (tertiary/aromatic N) is 5. The van der Waals surface area contributed by atoms with E-state index in [-0.39, 0.29) is 17.4 Å². The molecule has 1 saturated carbocycles. The number of amidine groups is 1. The summed E-state index contributed by atoms with van der Waals surface area (Å²) in [4.78, 5) is 24.6. The zero-order chi connectivity index (χ0) is 21.6. The molecule has 9 heteroatoms. The van der Waals surface area contributed by atoms with E-state index >= 15 is 0 Å². The van der Waals surface area contributed by atoms with Crippen LogP contribution in [0.5, 0.6) is 0 Å². The molecule has 0 spiro atoms. The van der Waals surface area contributed by atoms with Crippen LogP contribution in [-0.2, 0) is 4.79 Å². The van der Waals surface area contributed by atoms with Gasteiger partial charge in [0.25, 0.3) is 0 Å². The third kappa shape index (κ3) is 4.31. The highest BCUT2D eigenvalue weighted by molar-refractivity contribution is 6.09. The van der Waals surface area contributed by atoms with Crippen molar-refractivity contribution in [2.24, 2.45) is 15.4 Å². The zero-order valence-electron chi connectivity index (χ0n) is 18.6. The standard InChI is InChI=1S/C22H32N8O/c1-22(2,3)13-23-20(31)17-7-4-10-29(17)21-25-19(16-6-5-11-30(16)28-21)24-18-12-15(26-27-18)14-8-9-14/h6,12,14,17H,4-5,7-11,13H2,1-3H3,(H,23,31)(H2,24,25,26,27,28)/t17-/m0/s1. The van der Waals surface area contributed by atoms with E-state index in [1.165, 1.54) is 12.8 Å². The zero-order valence-corrected chi connectivity index (χ0v) is 18.6. The molecule has 1 amide bonds. The van der Waals surface area contributed by atoms with Gasteiger partial charge in [0, 0.05) is 37.3 Å². The number of guanidine groups is 1. The fourth-order valence-corrected chi connectivity index (χ4v) is 4.26. The third-order valence-corrected chi connectivity index (χ3v) is 6.10. The highest BCUT2D eigenvalue weighted by atomic mass is 16.2. The molecule has 31 heavy (non-hydrogen) atoms. The van der Waals surface area contributed by atoms with E-state index < -0.39 is 0 Å². The van der Waals surface area contributed by atoms with Gasteiger partial charge in [-0.25, -0.2) is 4.99 Å². The number of likely N-dealkylation sites (tertiary alicyclic amines) is 1.